The zero-order chi connectivity index (χ0) is 22.8. The molecule has 0 radical (unpaired) electrons. The first-order valence-corrected chi connectivity index (χ1v) is 10.8. The molecule has 0 bridgehead atoms. The van der Waals surface area contributed by atoms with E-state index in [1.54, 1.807) is 6.20 Å². The predicted molar refractivity (Wildman–Crippen MR) is 125 cm³/mol. The molecule has 33 heavy (non-hydrogen) atoms. The number of nitrogens with zero attached hydrogens (tertiary/aromatic N) is 4. The van der Waals surface area contributed by atoms with Crippen molar-refractivity contribution >= 4 is 11.6 Å². The Hall–Kier alpha value is -3.91. The SMILES string of the molecule is CN(C)CCCNC(=O)c1ccc(-c2cn3c(-c4ccc5c(c4)OCO5)cnc3cn2)cc1. The number of hydrogen-bond acceptors (Lipinski definition) is 6. The first kappa shape index (κ1) is 21.0. The molecule has 8 nitrogen and oxygen atoms in total. The summed E-state index contributed by atoms with van der Waals surface area (Å²) in [4.78, 5) is 23.5. The molecule has 0 spiro atoms. The standard InChI is InChI=1S/C25H25N5O3/c1-29(2)11-3-10-26-25(31)18-6-4-17(5-7-18)20-15-30-21(13-28-24(30)14-27-20)19-8-9-22-23(12-19)33-16-32-22/h4-9,12-15H,3,10-11,16H2,1-2H3,(H,26,31). The molecule has 0 saturated carbocycles. The highest BCUT2D eigenvalue weighted by molar-refractivity contribution is 5.94. The Kier molecular flexibility index (Phi) is 5.66. The van der Waals surface area contributed by atoms with Crippen molar-refractivity contribution in [1.29, 1.82) is 0 Å². The van der Waals surface area contributed by atoms with Crippen molar-refractivity contribution < 1.29 is 14.3 Å². The normalized spacial score (nSPS) is 12.5. The largest absolute Gasteiger partial charge is 0.454 e. The minimum atomic E-state index is -0.0663. The van der Waals surface area contributed by atoms with Gasteiger partial charge in [-0.15, -0.1) is 0 Å². The summed E-state index contributed by atoms with van der Waals surface area (Å²) in [5, 5.41) is 2.96. The number of ether oxygens (including phenoxy) is 2. The van der Waals surface area contributed by atoms with E-state index in [1.807, 2.05) is 73.4 Å². The van der Waals surface area contributed by atoms with E-state index in [-0.39, 0.29) is 12.7 Å². The van der Waals surface area contributed by atoms with E-state index in [4.69, 9.17) is 9.47 Å². The predicted octanol–water partition coefficient (Wildman–Crippen LogP) is 3.47. The molecule has 168 valence electrons. The van der Waals surface area contributed by atoms with Gasteiger partial charge in [0.1, 0.15) is 0 Å². The molecule has 4 aromatic rings. The van der Waals surface area contributed by atoms with Gasteiger partial charge in [-0.25, -0.2) is 4.98 Å². The average Bonchev–Trinajstić information content (AvgIpc) is 3.47. The average molecular weight is 444 g/mol. The quantitative estimate of drug-likeness (QED) is 0.441. The molecule has 8 heteroatoms. The van der Waals surface area contributed by atoms with Crippen molar-refractivity contribution in [1.82, 2.24) is 24.6 Å². The van der Waals surface area contributed by atoms with Crippen LogP contribution in [0.15, 0.2) is 61.1 Å². The number of carbonyl (C=O) groups excluding carboxylic acids is 1. The molecule has 0 aliphatic carbocycles. The molecule has 0 saturated heterocycles. The first-order valence-electron chi connectivity index (χ1n) is 10.8. The van der Waals surface area contributed by atoms with Crippen LogP contribution in [-0.2, 0) is 0 Å². The van der Waals surface area contributed by atoms with Crippen LogP contribution in [0.5, 0.6) is 11.5 Å². The highest BCUT2D eigenvalue weighted by Gasteiger charge is 2.16. The number of amides is 1. The number of aromatic nitrogens is 3. The number of imidazole rings is 1. The van der Waals surface area contributed by atoms with Crippen LogP contribution < -0.4 is 14.8 Å². The van der Waals surface area contributed by atoms with Crippen molar-refractivity contribution in [3.8, 4) is 34.0 Å². The lowest BCUT2D eigenvalue weighted by molar-refractivity contribution is 0.0952. The third-order valence-corrected chi connectivity index (χ3v) is 5.57. The van der Waals surface area contributed by atoms with Gasteiger partial charge in [-0.05, 0) is 57.4 Å². The van der Waals surface area contributed by atoms with Crippen LogP contribution in [0.1, 0.15) is 16.8 Å². The van der Waals surface area contributed by atoms with Gasteiger partial charge in [0, 0.05) is 29.4 Å². The molecule has 5 rings (SSSR count). The molecule has 0 atom stereocenters. The third-order valence-electron chi connectivity index (χ3n) is 5.57. The van der Waals surface area contributed by atoms with Crippen LogP contribution in [-0.4, -0.2) is 59.2 Å². The van der Waals surface area contributed by atoms with Crippen molar-refractivity contribution in [3.63, 3.8) is 0 Å². The lowest BCUT2D eigenvalue weighted by Crippen LogP contribution is -2.27. The van der Waals surface area contributed by atoms with E-state index in [0.717, 1.165) is 52.6 Å². The molecular formula is C25H25N5O3. The van der Waals surface area contributed by atoms with Crippen LogP contribution in [0.3, 0.4) is 0 Å². The zero-order valence-electron chi connectivity index (χ0n) is 18.6. The summed E-state index contributed by atoms with van der Waals surface area (Å²) < 4.78 is 12.9. The molecule has 0 fully saturated rings. The number of nitrogens with one attached hydrogen (secondary N) is 1. The van der Waals surface area contributed by atoms with Crippen LogP contribution >= 0.6 is 0 Å². The van der Waals surface area contributed by atoms with Gasteiger partial charge in [-0.3, -0.25) is 14.2 Å². The number of fused-ring (bicyclic) bond motifs is 2. The number of hydrogen-bond donors (Lipinski definition) is 1. The zero-order valence-corrected chi connectivity index (χ0v) is 18.6. The smallest absolute Gasteiger partial charge is 0.251 e. The van der Waals surface area contributed by atoms with Gasteiger partial charge in [-0.1, -0.05) is 12.1 Å². The van der Waals surface area contributed by atoms with Gasteiger partial charge < -0.3 is 19.7 Å². The van der Waals surface area contributed by atoms with E-state index in [9.17, 15) is 4.79 Å². The summed E-state index contributed by atoms with van der Waals surface area (Å²) in [6.07, 6.45) is 6.44. The van der Waals surface area contributed by atoms with Crippen molar-refractivity contribution in [2.45, 2.75) is 6.42 Å². The highest BCUT2D eigenvalue weighted by atomic mass is 16.7. The second-order valence-corrected chi connectivity index (χ2v) is 8.20. The Balaban J connectivity index is 1.36. The maximum atomic E-state index is 12.4. The minimum Gasteiger partial charge on any atom is -0.454 e. The van der Waals surface area contributed by atoms with E-state index >= 15 is 0 Å². The van der Waals surface area contributed by atoms with Gasteiger partial charge in [0.2, 0.25) is 6.79 Å². The lowest BCUT2D eigenvalue weighted by Gasteiger charge is -2.10. The van der Waals surface area contributed by atoms with E-state index in [0.29, 0.717) is 12.1 Å². The van der Waals surface area contributed by atoms with Crippen LogP contribution in [0.2, 0.25) is 0 Å². The molecule has 1 N–H and O–H groups in total. The van der Waals surface area contributed by atoms with Crippen molar-refractivity contribution in [2.75, 3.05) is 34.0 Å². The molecule has 2 aromatic carbocycles. The fraction of sp³-hybridized carbons (Fsp3) is 0.240. The minimum absolute atomic E-state index is 0.0663. The van der Waals surface area contributed by atoms with Gasteiger partial charge in [0.25, 0.3) is 5.91 Å². The molecular weight excluding hydrogens is 418 g/mol. The van der Waals surface area contributed by atoms with E-state index in [2.05, 4.69) is 20.2 Å². The molecule has 3 heterocycles. The Bertz CT molecular complexity index is 1300. The van der Waals surface area contributed by atoms with Gasteiger partial charge in [-0.2, -0.15) is 0 Å². The number of benzene rings is 2. The van der Waals surface area contributed by atoms with E-state index < -0.39 is 0 Å². The summed E-state index contributed by atoms with van der Waals surface area (Å²) >= 11 is 0. The monoisotopic (exact) mass is 443 g/mol. The Morgan fingerprint density at radius 3 is 2.64 bits per heavy atom. The molecule has 1 aliphatic heterocycles. The summed E-state index contributed by atoms with van der Waals surface area (Å²) in [6.45, 7) is 1.83. The third kappa shape index (κ3) is 4.38. The summed E-state index contributed by atoms with van der Waals surface area (Å²) in [5.41, 5.74) is 5.01. The van der Waals surface area contributed by atoms with Crippen molar-refractivity contribution in [2.24, 2.45) is 0 Å². The molecule has 0 unspecified atom stereocenters. The molecule has 1 aliphatic rings. The second kappa shape index (κ2) is 8.91. The van der Waals surface area contributed by atoms with Gasteiger partial charge in [0.05, 0.1) is 23.8 Å². The Morgan fingerprint density at radius 1 is 1.03 bits per heavy atom. The maximum Gasteiger partial charge on any atom is 0.251 e. The maximum absolute atomic E-state index is 12.4. The van der Waals surface area contributed by atoms with E-state index in [1.165, 1.54) is 0 Å². The van der Waals surface area contributed by atoms with Crippen LogP contribution in [0.25, 0.3) is 28.2 Å². The number of rotatable bonds is 7. The Morgan fingerprint density at radius 2 is 1.82 bits per heavy atom. The Labute approximate surface area is 191 Å². The van der Waals surface area contributed by atoms with Crippen molar-refractivity contribution in [3.05, 3.63) is 66.6 Å². The highest BCUT2D eigenvalue weighted by Crippen LogP contribution is 2.36. The molecule has 1 amide bonds. The van der Waals surface area contributed by atoms with Gasteiger partial charge in [0.15, 0.2) is 17.1 Å². The first-order chi connectivity index (χ1) is 16.1. The summed E-state index contributed by atoms with van der Waals surface area (Å²) in [5.74, 6) is 1.41. The lowest BCUT2D eigenvalue weighted by atomic mass is 10.1. The van der Waals surface area contributed by atoms with Crippen LogP contribution in [0, 0.1) is 0 Å². The van der Waals surface area contributed by atoms with Crippen LogP contribution in [0.4, 0.5) is 0 Å². The molecule has 2 aromatic heterocycles. The fourth-order valence-corrected chi connectivity index (χ4v) is 3.80. The fourth-order valence-electron chi connectivity index (χ4n) is 3.80. The second-order valence-electron chi connectivity index (χ2n) is 8.20. The topological polar surface area (TPSA) is 81.0 Å². The summed E-state index contributed by atoms with van der Waals surface area (Å²) in [7, 11) is 4.04. The number of carbonyl (C=O) groups is 1. The van der Waals surface area contributed by atoms with Gasteiger partial charge >= 0.3 is 0 Å². The summed E-state index contributed by atoms with van der Waals surface area (Å²) in [6, 6.07) is 13.3.